The number of halogens is 1. The quantitative estimate of drug-likeness (QED) is 0.748. The largest absolute Gasteiger partial charge is 0.384 e. The van der Waals surface area contributed by atoms with Crippen LogP contribution in [0.1, 0.15) is 15.9 Å². The summed E-state index contributed by atoms with van der Waals surface area (Å²) in [5, 5.41) is 0. The lowest BCUT2D eigenvalue weighted by molar-refractivity contribution is 0.103. The number of H-pyrrole nitrogens is 1. The van der Waals surface area contributed by atoms with Crippen molar-refractivity contribution >= 4 is 11.6 Å². The number of nitrogen functional groups attached to an aromatic ring is 1. The van der Waals surface area contributed by atoms with Crippen LogP contribution >= 0.6 is 0 Å². The molecule has 0 amide bonds. The van der Waals surface area contributed by atoms with Crippen molar-refractivity contribution in [2.75, 3.05) is 5.73 Å². The normalized spacial score (nSPS) is 10.2. The van der Waals surface area contributed by atoms with Gasteiger partial charge >= 0.3 is 5.69 Å². The molecule has 1 aromatic heterocycles. The second kappa shape index (κ2) is 4.17. The molecule has 0 aliphatic heterocycles. The van der Waals surface area contributed by atoms with Crippen molar-refractivity contribution in [3.05, 3.63) is 57.9 Å². The first-order valence-electron chi connectivity index (χ1n) is 4.73. The molecule has 6 heteroatoms. The van der Waals surface area contributed by atoms with Gasteiger partial charge in [0, 0.05) is 11.8 Å². The van der Waals surface area contributed by atoms with Crippen LogP contribution in [-0.2, 0) is 0 Å². The standard InChI is InChI=1S/C11H8FN3O2/c12-7-3-1-2-6(4-7)9(16)8-5-14-11(17)15-10(8)13/h1-5H,(H3,13,14,15,17). The van der Waals surface area contributed by atoms with Gasteiger partial charge in [0.25, 0.3) is 0 Å². The Morgan fingerprint density at radius 1 is 1.41 bits per heavy atom. The van der Waals surface area contributed by atoms with E-state index in [1.54, 1.807) is 0 Å². The fourth-order valence-electron chi connectivity index (χ4n) is 1.37. The zero-order chi connectivity index (χ0) is 12.4. The van der Waals surface area contributed by atoms with E-state index >= 15 is 0 Å². The summed E-state index contributed by atoms with van der Waals surface area (Å²) in [6, 6.07) is 5.19. The second-order valence-corrected chi connectivity index (χ2v) is 3.36. The molecule has 0 aliphatic rings. The first-order chi connectivity index (χ1) is 8.08. The molecule has 0 bridgehead atoms. The SMILES string of the molecule is Nc1[nH]c(=O)ncc1C(=O)c1cccc(F)c1. The van der Waals surface area contributed by atoms with Crippen LogP contribution in [0.3, 0.4) is 0 Å². The van der Waals surface area contributed by atoms with E-state index in [4.69, 9.17) is 5.73 Å². The fourth-order valence-corrected chi connectivity index (χ4v) is 1.37. The average Bonchev–Trinajstić information content (AvgIpc) is 2.28. The molecular formula is C11H8FN3O2. The predicted octanol–water partition coefficient (Wildman–Crippen LogP) is 0.722. The third-order valence-corrected chi connectivity index (χ3v) is 2.17. The van der Waals surface area contributed by atoms with Crippen LogP contribution in [0.4, 0.5) is 10.2 Å². The van der Waals surface area contributed by atoms with E-state index in [1.165, 1.54) is 18.2 Å². The fraction of sp³-hybridized carbons (Fsp3) is 0. The van der Waals surface area contributed by atoms with Gasteiger partial charge in [0.15, 0.2) is 5.78 Å². The van der Waals surface area contributed by atoms with Crippen molar-refractivity contribution in [1.29, 1.82) is 0 Å². The van der Waals surface area contributed by atoms with Crippen LogP contribution in [-0.4, -0.2) is 15.8 Å². The van der Waals surface area contributed by atoms with Crippen LogP contribution < -0.4 is 11.4 Å². The number of hydrogen-bond acceptors (Lipinski definition) is 4. The Kier molecular flexibility index (Phi) is 2.70. The van der Waals surface area contributed by atoms with E-state index in [-0.39, 0.29) is 16.9 Å². The van der Waals surface area contributed by atoms with Gasteiger partial charge in [0.1, 0.15) is 11.6 Å². The molecule has 0 saturated heterocycles. The third kappa shape index (κ3) is 2.20. The summed E-state index contributed by atoms with van der Waals surface area (Å²) in [6.45, 7) is 0. The molecular weight excluding hydrogens is 225 g/mol. The van der Waals surface area contributed by atoms with Gasteiger partial charge < -0.3 is 5.73 Å². The maximum absolute atomic E-state index is 13.0. The number of carbonyl (C=O) groups excluding carboxylic acids is 1. The number of rotatable bonds is 2. The highest BCUT2D eigenvalue weighted by atomic mass is 19.1. The van der Waals surface area contributed by atoms with Crippen molar-refractivity contribution in [2.45, 2.75) is 0 Å². The number of hydrogen-bond donors (Lipinski definition) is 2. The first kappa shape index (κ1) is 11.0. The molecule has 5 nitrogen and oxygen atoms in total. The molecule has 0 spiro atoms. The first-order valence-corrected chi connectivity index (χ1v) is 4.73. The van der Waals surface area contributed by atoms with Crippen LogP contribution in [0.2, 0.25) is 0 Å². The number of aromatic amines is 1. The Balaban J connectivity index is 2.47. The van der Waals surface area contributed by atoms with Gasteiger partial charge in [-0.05, 0) is 12.1 Å². The summed E-state index contributed by atoms with van der Waals surface area (Å²) in [7, 11) is 0. The molecule has 2 aromatic rings. The molecule has 1 aromatic carbocycles. The number of anilines is 1. The van der Waals surface area contributed by atoms with E-state index in [0.717, 1.165) is 12.3 Å². The Morgan fingerprint density at radius 2 is 2.18 bits per heavy atom. The molecule has 1 heterocycles. The monoisotopic (exact) mass is 233 g/mol. The van der Waals surface area contributed by atoms with E-state index in [0.29, 0.717) is 0 Å². The average molecular weight is 233 g/mol. The molecule has 17 heavy (non-hydrogen) atoms. The minimum absolute atomic E-state index is 0.0372. The topological polar surface area (TPSA) is 88.8 Å². The summed E-state index contributed by atoms with van der Waals surface area (Å²) in [4.78, 5) is 28.4. The van der Waals surface area contributed by atoms with Crippen molar-refractivity contribution in [3.8, 4) is 0 Å². The van der Waals surface area contributed by atoms with Gasteiger partial charge in [-0.15, -0.1) is 0 Å². The molecule has 0 radical (unpaired) electrons. The minimum Gasteiger partial charge on any atom is -0.384 e. The number of benzene rings is 1. The van der Waals surface area contributed by atoms with Gasteiger partial charge in [0.05, 0.1) is 5.56 Å². The van der Waals surface area contributed by atoms with Crippen LogP contribution in [0.15, 0.2) is 35.3 Å². The Morgan fingerprint density at radius 3 is 2.82 bits per heavy atom. The van der Waals surface area contributed by atoms with E-state index in [2.05, 4.69) is 9.97 Å². The van der Waals surface area contributed by atoms with Crippen LogP contribution in [0.5, 0.6) is 0 Å². The number of nitrogens with zero attached hydrogens (tertiary/aromatic N) is 1. The maximum Gasteiger partial charge on any atom is 0.346 e. The van der Waals surface area contributed by atoms with Gasteiger partial charge in [0.2, 0.25) is 0 Å². The van der Waals surface area contributed by atoms with E-state index in [9.17, 15) is 14.0 Å². The summed E-state index contributed by atoms with van der Waals surface area (Å²) in [5.74, 6) is -1.10. The number of aromatic nitrogens is 2. The van der Waals surface area contributed by atoms with Gasteiger partial charge in [-0.1, -0.05) is 12.1 Å². The lowest BCUT2D eigenvalue weighted by Gasteiger charge is -2.03. The Hall–Kier alpha value is -2.50. The Bertz CT molecular complexity index is 637. The van der Waals surface area contributed by atoms with Crippen LogP contribution in [0.25, 0.3) is 0 Å². The Labute approximate surface area is 95.1 Å². The molecule has 3 N–H and O–H groups in total. The van der Waals surface area contributed by atoms with Crippen molar-refractivity contribution in [2.24, 2.45) is 0 Å². The summed E-state index contributed by atoms with van der Waals surface area (Å²) in [5.41, 5.74) is 5.03. The summed E-state index contributed by atoms with van der Waals surface area (Å²) in [6.07, 6.45) is 1.07. The van der Waals surface area contributed by atoms with Gasteiger partial charge in [-0.25, -0.2) is 14.2 Å². The summed E-state index contributed by atoms with van der Waals surface area (Å²) < 4.78 is 13.0. The molecule has 2 rings (SSSR count). The molecule has 0 aliphatic carbocycles. The predicted molar refractivity (Wildman–Crippen MR) is 59.1 cm³/mol. The van der Waals surface area contributed by atoms with Crippen molar-refractivity contribution < 1.29 is 9.18 Å². The highest BCUT2D eigenvalue weighted by Gasteiger charge is 2.13. The zero-order valence-electron chi connectivity index (χ0n) is 8.61. The third-order valence-electron chi connectivity index (χ3n) is 2.17. The van der Waals surface area contributed by atoms with Gasteiger partial charge in [-0.3, -0.25) is 9.78 Å². The molecule has 0 unspecified atom stereocenters. The maximum atomic E-state index is 13.0. The smallest absolute Gasteiger partial charge is 0.346 e. The van der Waals surface area contributed by atoms with E-state index in [1.807, 2.05) is 0 Å². The van der Waals surface area contributed by atoms with E-state index < -0.39 is 17.3 Å². The molecule has 0 atom stereocenters. The highest BCUT2D eigenvalue weighted by Crippen LogP contribution is 2.13. The van der Waals surface area contributed by atoms with Crippen molar-refractivity contribution in [3.63, 3.8) is 0 Å². The summed E-state index contributed by atoms with van der Waals surface area (Å²) >= 11 is 0. The number of carbonyl (C=O) groups is 1. The minimum atomic E-state index is -0.640. The molecule has 86 valence electrons. The molecule has 0 saturated carbocycles. The zero-order valence-corrected chi connectivity index (χ0v) is 8.61. The number of ketones is 1. The van der Waals surface area contributed by atoms with Crippen LogP contribution in [0, 0.1) is 5.82 Å². The number of nitrogens with one attached hydrogen (secondary N) is 1. The van der Waals surface area contributed by atoms with Gasteiger partial charge in [-0.2, -0.15) is 0 Å². The van der Waals surface area contributed by atoms with Crippen molar-refractivity contribution in [1.82, 2.24) is 9.97 Å². The highest BCUT2D eigenvalue weighted by molar-refractivity contribution is 6.11. The lowest BCUT2D eigenvalue weighted by atomic mass is 10.1. The lowest BCUT2D eigenvalue weighted by Crippen LogP contribution is -2.17. The second-order valence-electron chi connectivity index (χ2n) is 3.36. The number of nitrogens with two attached hydrogens (primary N) is 1. The molecule has 0 fully saturated rings.